The molecule has 0 fully saturated rings. The first kappa shape index (κ1) is 20.9. The largest absolute Gasteiger partial charge is 0.370 e. The molecule has 0 bridgehead atoms. The Morgan fingerprint density at radius 1 is 1.19 bits per heavy atom. The molecule has 1 unspecified atom stereocenters. The fourth-order valence-corrected chi connectivity index (χ4v) is 3.80. The van der Waals surface area contributed by atoms with Crippen LogP contribution in [0.4, 0.5) is 0 Å². The van der Waals surface area contributed by atoms with Crippen LogP contribution in [0.25, 0.3) is 0 Å². The van der Waals surface area contributed by atoms with Crippen LogP contribution in [0.3, 0.4) is 0 Å². The summed E-state index contributed by atoms with van der Waals surface area (Å²) in [6.07, 6.45) is 3.28. The monoisotopic (exact) mass is 421 g/mol. The zero-order valence-corrected chi connectivity index (χ0v) is 17.6. The summed E-state index contributed by atoms with van der Waals surface area (Å²) in [6.45, 7) is 1.19. The van der Waals surface area contributed by atoms with Crippen molar-refractivity contribution in [2.75, 3.05) is 6.54 Å². The summed E-state index contributed by atoms with van der Waals surface area (Å²) in [5.74, 6) is -0.174. The molecular formula is C23H27N5O3. The maximum absolute atomic E-state index is 12.9. The lowest BCUT2D eigenvalue weighted by Gasteiger charge is -2.23. The number of nitrogens with zero attached hydrogens (tertiary/aromatic N) is 2. The second-order valence-electron chi connectivity index (χ2n) is 7.70. The molecule has 1 aliphatic heterocycles. The molecule has 0 radical (unpaired) electrons. The Kier molecular flexibility index (Phi) is 6.47. The molecule has 162 valence electrons. The maximum atomic E-state index is 12.9. The van der Waals surface area contributed by atoms with Crippen molar-refractivity contribution in [1.29, 1.82) is 0 Å². The van der Waals surface area contributed by atoms with Crippen LogP contribution in [0.2, 0.25) is 0 Å². The molecule has 0 aliphatic carbocycles. The predicted molar refractivity (Wildman–Crippen MR) is 115 cm³/mol. The van der Waals surface area contributed by atoms with Crippen molar-refractivity contribution in [3.8, 4) is 0 Å². The highest BCUT2D eigenvalue weighted by atomic mass is 16.5. The van der Waals surface area contributed by atoms with Gasteiger partial charge in [-0.3, -0.25) is 14.3 Å². The van der Waals surface area contributed by atoms with Crippen LogP contribution in [0.5, 0.6) is 0 Å². The molecule has 8 heteroatoms. The van der Waals surface area contributed by atoms with Crippen LogP contribution in [-0.4, -0.2) is 39.2 Å². The van der Waals surface area contributed by atoms with Crippen molar-refractivity contribution in [3.63, 3.8) is 0 Å². The van der Waals surface area contributed by atoms with Gasteiger partial charge in [-0.25, -0.2) is 0 Å². The summed E-state index contributed by atoms with van der Waals surface area (Å²) in [5, 5.41) is 10.4. The number of hydrogen-bond donors (Lipinski definition) is 3. The Morgan fingerprint density at radius 2 is 2.03 bits per heavy atom. The van der Waals surface area contributed by atoms with Gasteiger partial charge in [0, 0.05) is 50.4 Å². The molecule has 4 rings (SSSR count). The molecule has 2 aromatic heterocycles. The lowest BCUT2D eigenvalue weighted by atomic mass is 10.0. The van der Waals surface area contributed by atoms with Gasteiger partial charge in [-0.15, -0.1) is 0 Å². The number of rotatable bonds is 8. The van der Waals surface area contributed by atoms with Crippen molar-refractivity contribution in [1.82, 2.24) is 25.4 Å². The van der Waals surface area contributed by atoms with Crippen LogP contribution < -0.4 is 10.6 Å². The minimum absolute atomic E-state index is 0.0176. The molecule has 2 amide bonds. The number of benzene rings is 1. The summed E-state index contributed by atoms with van der Waals surface area (Å²) in [5.41, 5.74) is 4.30. The predicted octanol–water partition coefficient (Wildman–Crippen LogP) is 1.87. The van der Waals surface area contributed by atoms with Gasteiger partial charge in [0.2, 0.25) is 5.91 Å². The first-order valence-corrected chi connectivity index (χ1v) is 10.5. The lowest BCUT2D eigenvalue weighted by Crippen LogP contribution is -2.37. The zero-order chi connectivity index (χ0) is 21.6. The quantitative estimate of drug-likeness (QED) is 0.517. The number of ether oxygens (including phenoxy) is 1. The van der Waals surface area contributed by atoms with Crippen LogP contribution in [0.1, 0.15) is 39.4 Å². The third-order valence-electron chi connectivity index (χ3n) is 5.44. The fraction of sp³-hybridized carbons (Fsp3) is 0.348. The molecule has 3 N–H and O–H groups in total. The van der Waals surface area contributed by atoms with Crippen molar-refractivity contribution in [3.05, 3.63) is 76.9 Å². The number of H-pyrrole nitrogens is 1. The van der Waals surface area contributed by atoms with E-state index in [2.05, 4.69) is 20.7 Å². The third-order valence-corrected chi connectivity index (χ3v) is 5.44. The molecular weight excluding hydrogens is 394 g/mol. The normalized spacial score (nSPS) is 15.3. The van der Waals surface area contributed by atoms with Crippen molar-refractivity contribution in [2.24, 2.45) is 7.05 Å². The number of aryl methyl sites for hydroxylation is 2. The van der Waals surface area contributed by atoms with Gasteiger partial charge in [0.05, 0.1) is 18.4 Å². The van der Waals surface area contributed by atoms with Gasteiger partial charge < -0.3 is 20.4 Å². The number of carbonyl (C=O) groups excluding carboxylic acids is 2. The molecule has 31 heavy (non-hydrogen) atoms. The van der Waals surface area contributed by atoms with E-state index in [0.717, 1.165) is 22.5 Å². The molecule has 3 heterocycles. The van der Waals surface area contributed by atoms with E-state index in [1.807, 2.05) is 48.7 Å². The average molecular weight is 422 g/mol. The molecule has 8 nitrogen and oxygen atoms in total. The molecule has 1 aromatic carbocycles. The summed E-state index contributed by atoms with van der Waals surface area (Å²) in [6, 6.07) is 13.7. The Hall–Kier alpha value is -3.39. The van der Waals surface area contributed by atoms with E-state index < -0.39 is 0 Å². The summed E-state index contributed by atoms with van der Waals surface area (Å²) in [7, 11) is 1.77. The van der Waals surface area contributed by atoms with Gasteiger partial charge in [0.15, 0.2) is 0 Å². The highest BCUT2D eigenvalue weighted by Gasteiger charge is 2.29. The van der Waals surface area contributed by atoms with Gasteiger partial charge >= 0.3 is 0 Å². The Morgan fingerprint density at radius 3 is 2.81 bits per heavy atom. The van der Waals surface area contributed by atoms with E-state index in [1.54, 1.807) is 11.7 Å². The smallest absolute Gasteiger partial charge is 0.270 e. The minimum atomic E-state index is -0.188. The second-order valence-corrected chi connectivity index (χ2v) is 7.70. The van der Waals surface area contributed by atoms with Crippen LogP contribution >= 0.6 is 0 Å². The molecule has 0 spiro atoms. The Labute approximate surface area is 181 Å². The van der Waals surface area contributed by atoms with E-state index in [0.29, 0.717) is 44.7 Å². The third kappa shape index (κ3) is 5.21. The van der Waals surface area contributed by atoms with Crippen LogP contribution in [0.15, 0.2) is 48.7 Å². The Bertz CT molecular complexity index is 1030. The number of aromatic amines is 1. The second kappa shape index (κ2) is 9.61. The molecule has 1 atom stereocenters. The SMILES string of the molecule is Cn1nc2c(c1C(=O)NCc1ccccc1)CC(CNC(=O)CCc1ccc[nH]1)OC2. The van der Waals surface area contributed by atoms with E-state index >= 15 is 0 Å². The number of hydrogen-bond acceptors (Lipinski definition) is 4. The van der Waals surface area contributed by atoms with Gasteiger partial charge in [-0.1, -0.05) is 30.3 Å². The first-order valence-electron chi connectivity index (χ1n) is 10.5. The van der Waals surface area contributed by atoms with E-state index in [-0.39, 0.29) is 17.9 Å². The van der Waals surface area contributed by atoms with E-state index in [9.17, 15) is 9.59 Å². The standard InChI is InChI=1S/C23H27N5O3/c1-28-22(23(30)26-13-16-6-3-2-4-7-16)19-12-18(31-15-20(19)27-28)14-25-21(29)10-9-17-8-5-11-24-17/h2-8,11,18,24H,9-10,12-15H2,1H3,(H,25,29)(H,26,30). The Balaban J connectivity index is 1.32. The molecule has 0 saturated heterocycles. The molecule has 1 aliphatic rings. The zero-order valence-electron chi connectivity index (χ0n) is 17.6. The lowest BCUT2D eigenvalue weighted by molar-refractivity contribution is -0.121. The number of fused-ring (bicyclic) bond motifs is 1. The minimum Gasteiger partial charge on any atom is -0.370 e. The number of carbonyl (C=O) groups is 2. The fourth-order valence-electron chi connectivity index (χ4n) is 3.80. The molecule has 0 saturated carbocycles. The van der Waals surface area contributed by atoms with Crippen molar-refractivity contribution in [2.45, 2.75) is 38.5 Å². The van der Waals surface area contributed by atoms with Gasteiger partial charge in [-0.2, -0.15) is 5.10 Å². The van der Waals surface area contributed by atoms with Crippen molar-refractivity contribution < 1.29 is 14.3 Å². The highest BCUT2D eigenvalue weighted by Crippen LogP contribution is 2.23. The number of nitrogens with one attached hydrogen (secondary N) is 3. The average Bonchev–Trinajstić information content (AvgIpc) is 3.42. The van der Waals surface area contributed by atoms with Crippen molar-refractivity contribution >= 4 is 11.8 Å². The molecule has 3 aromatic rings. The maximum Gasteiger partial charge on any atom is 0.270 e. The highest BCUT2D eigenvalue weighted by molar-refractivity contribution is 5.94. The topological polar surface area (TPSA) is 101 Å². The van der Waals surface area contributed by atoms with Crippen LogP contribution in [-0.2, 0) is 42.6 Å². The van der Waals surface area contributed by atoms with E-state index in [1.165, 1.54) is 0 Å². The van der Waals surface area contributed by atoms with Crippen LogP contribution in [0, 0.1) is 0 Å². The van der Waals surface area contributed by atoms with Gasteiger partial charge in [-0.05, 0) is 24.1 Å². The van der Waals surface area contributed by atoms with Gasteiger partial charge in [0.1, 0.15) is 5.69 Å². The number of aromatic nitrogens is 3. The summed E-state index contributed by atoms with van der Waals surface area (Å²) >= 11 is 0. The summed E-state index contributed by atoms with van der Waals surface area (Å²) < 4.78 is 7.47. The number of amides is 2. The summed E-state index contributed by atoms with van der Waals surface area (Å²) in [4.78, 5) is 28.1. The van der Waals surface area contributed by atoms with E-state index in [4.69, 9.17) is 4.74 Å². The first-order chi connectivity index (χ1) is 15.1. The van der Waals surface area contributed by atoms with Gasteiger partial charge in [0.25, 0.3) is 5.91 Å².